The molecule has 30 heavy (non-hydrogen) atoms. The zero-order chi connectivity index (χ0) is 21.3. The molecule has 4 rings (SSSR count). The molecule has 0 spiro atoms. The molecule has 0 aliphatic carbocycles. The van der Waals surface area contributed by atoms with Gasteiger partial charge in [-0.15, -0.1) is 0 Å². The Kier molecular flexibility index (Phi) is 5.25. The van der Waals surface area contributed by atoms with Gasteiger partial charge in [-0.3, -0.25) is 9.59 Å². The normalized spacial score (nSPS) is 14.0. The Morgan fingerprint density at radius 3 is 2.40 bits per heavy atom. The van der Waals surface area contributed by atoms with Gasteiger partial charge in [-0.2, -0.15) is 0 Å². The standard InChI is InChI=1S/C24H22N2O4/c1-25(14-15-27)22-21(18-11-5-6-13-20(18)30-2)23(28)26(24(22)29)19-12-7-9-16-8-3-4-10-17(16)19/h3-13,27H,14-15H2,1-2H3. The predicted molar refractivity (Wildman–Crippen MR) is 116 cm³/mol. The van der Waals surface area contributed by atoms with E-state index < -0.39 is 11.8 Å². The van der Waals surface area contributed by atoms with Gasteiger partial charge in [0.1, 0.15) is 11.4 Å². The summed E-state index contributed by atoms with van der Waals surface area (Å²) in [5.74, 6) is -0.336. The Morgan fingerprint density at radius 2 is 1.63 bits per heavy atom. The molecule has 0 saturated carbocycles. The van der Waals surface area contributed by atoms with Crippen LogP contribution in [0.1, 0.15) is 5.56 Å². The number of aliphatic hydroxyl groups is 1. The van der Waals surface area contributed by atoms with Crippen molar-refractivity contribution in [3.05, 3.63) is 78.0 Å². The predicted octanol–water partition coefficient (Wildman–Crippen LogP) is 3.06. The zero-order valence-corrected chi connectivity index (χ0v) is 16.8. The van der Waals surface area contributed by atoms with Gasteiger partial charge in [-0.1, -0.05) is 54.6 Å². The average Bonchev–Trinajstić information content (AvgIpc) is 3.03. The number of aliphatic hydroxyl groups excluding tert-OH is 1. The van der Waals surface area contributed by atoms with Gasteiger partial charge < -0.3 is 14.7 Å². The summed E-state index contributed by atoms with van der Waals surface area (Å²) in [6, 6.07) is 20.3. The van der Waals surface area contributed by atoms with E-state index in [9.17, 15) is 14.7 Å². The van der Waals surface area contributed by atoms with E-state index in [-0.39, 0.29) is 24.4 Å². The third-order valence-electron chi connectivity index (χ3n) is 5.26. The second-order valence-electron chi connectivity index (χ2n) is 7.01. The molecule has 2 amide bonds. The second kappa shape index (κ2) is 8.00. The van der Waals surface area contributed by atoms with Crippen molar-refractivity contribution in [2.75, 3.05) is 32.2 Å². The van der Waals surface area contributed by atoms with Crippen molar-refractivity contribution in [2.45, 2.75) is 0 Å². The average molecular weight is 402 g/mol. The summed E-state index contributed by atoms with van der Waals surface area (Å²) >= 11 is 0. The summed E-state index contributed by atoms with van der Waals surface area (Å²) < 4.78 is 5.46. The lowest BCUT2D eigenvalue weighted by molar-refractivity contribution is -0.120. The number of carbonyl (C=O) groups excluding carboxylic acids is 2. The monoisotopic (exact) mass is 402 g/mol. The third-order valence-corrected chi connectivity index (χ3v) is 5.26. The largest absolute Gasteiger partial charge is 0.496 e. The van der Waals surface area contributed by atoms with Crippen LogP contribution >= 0.6 is 0 Å². The number of hydrogen-bond donors (Lipinski definition) is 1. The van der Waals surface area contributed by atoms with Crippen LogP contribution in [0, 0.1) is 0 Å². The molecule has 1 aliphatic heterocycles. The lowest BCUT2D eigenvalue weighted by atomic mass is 10.0. The quantitative estimate of drug-likeness (QED) is 0.642. The summed E-state index contributed by atoms with van der Waals surface area (Å²) in [6.07, 6.45) is 0. The number of anilines is 1. The maximum atomic E-state index is 13.7. The first-order valence-electron chi connectivity index (χ1n) is 9.64. The number of rotatable bonds is 6. The fourth-order valence-corrected chi connectivity index (χ4v) is 3.85. The highest BCUT2D eigenvalue weighted by Crippen LogP contribution is 2.39. The van der Waals surface area contributed by atoms with Gasteiger partial charge in [0.05, 0.1) is 25.0 Å². The third kappa shape index (κ3) is 3.11. The second-order valence-corrected chi connectivity index (χ2v) is 7.01. The Hall–Kier alpha value is -3.64. The van der Waals surface area contributed by atoms with Crippen molar-refractivity contribution in [1.29, 1.82) is 0 Å². The molecule has 1 N–H and O–H groups in total. The van der Waals surface area contributed by atoms with E-state index in [1.807, 2.05) is 42.5 Å². The number of hydrogen-bond acceptors (Lipinski definition) is 5. The van der Waals surface area contributed by atoms with Crippen LogP contribution in [-0.2, 0) is 9.59 Å². The highest BCUT2D eigenvalue weighted by Gasteiger charge is 2.43. The molecule has 0 bridgehead atoms. The Labute approximate surface area is 174 Å². The van der Waals surface area contributed by atoms with E-state index in [1.54, 1.807) is 36.2 Å². The fourth-order valence-electron chi connectivity index (χ4n) is 3.85. The number of nitrogens with zero attached hydrogens (tertiary/aromatic N) is 2. The molecular weight excluding hydrogens is 380 g/mol. The zero-order valence-electron chi connectivity index (χ0n) is 16.8. The van der Waals surface area contributed by atoms with Gasteiger partial charge in [0, 0.05) is 24.5 Å². The highest BCUT2D eigenvalue weighted by atomic mass is 16.5. The van der Waals surface area contributed by atoms with Crippen LogP contribution in [0.15, 0.2) is 72.4 Å². The summed E-state index contributed by atoms with van der Waals surface area (Å²) in [5.41, 5.74) is 1.58. The van der Waals surface area contributed by atoms with Gasteiger partial charge >= 0.3 is 0 Å². The number of fused-ring (bicyclic) bond motifs is 1. The Bertz CT molecular complexity index is 1160. The van der Waals surface area contributed by atoms with Crippen LogP contribution in [0.2, 0.25) is 0 Å². The highest BCUT2D eigenvalue weighted by molar-refractivity contribution is 6.46. The van der Waals surface area contributed by atoms with Crippen molar-refractivity contribution >= 4 is 33.8 Å². The summed E-state index contributed by atoms with van der Waals surface area (Å²) in [6.45, 7) is 0.0747. The first-order valence-corrected chi connectivity index (χ1v) is 9.64. The number of likely N-dealkylation sites (N-methyl/N-ethyl adjacent to an activating group) is 1. The lowest BCUT2D eigenvalue weighted by Gasteiger charge is -2.21. The number of methoxy groups -OCH3 is 1. The molecule has 0 atom stereocenters. The first kappa shape index (κ1) is 19.7. The molecule has 1 aliphatic rings. The Morgan fingerprint density at radius 1 is 0.933 bits per heavy atom. The van der Waals surface area contributed by atoms with Crippen molar-refractivity contribution in [3.63, 3.8) is 0 Å². The molecule has 0 aromatic heterocycles. The van der Waals surface area contributed by atoms with E-state index in [2.05, 4.69) is 0 Å². The molecular formula is C24H22N2O4. The smallest absolute Gasteiger partial charge is 0.282 e. The van der Waals surface area contributed by atoms with Gasteiger partial charge in [-0.05, 0) is 17.5 Å². The van der Waals surface area contributed by atoms with Gasteiger partial charge in [-0.25, -0.2) is 4.90 Å². The van der Waals surface area contributed by atoms with Gasteiger partial charge in [0.25, 0.3) is 11.8 Å². The molecule has 1 heterocycles. The van der Waals surface area contributed by atoms with E-state index >= 15 is 0 Å². The van der Waals surface area contributed by atoms with Crippen LogP contribution in [0.4, 0.5) is 5.69 Å². The van der Waals surface area contributed by atoms with Crippen LogP contribution in [0.25, 0.3) is 16.3 Å². The van der Waals surface area contributed by atoms with Crippen LogP contribution in [-0.4, -0.2) is 49.1 Å². The molecule has 6 heteroatoms. The SMILES string of the molecule is COc1ccccc1C1=C(N(C)CCO)C(=O)N(c2cccc3ccccc23)C1=O. The van der Waals surface area contributed by atoms with E-state index in [0.29, 0.717) is 17.0 Å². The number of ether oxygens (including phenoxy) is 1. The first-order chi connectivity index (χ1) is 14.6. The molecule has 0 radical (unpaired) electrons. The molecule has 6 nitrogen and oxygen atoms in total. The van der Waals surface area contributed by atoms with Crippen LogP contribution < -0.4 is 9.64 Å². The number of amides is 2. The summed E-state index contributed by atoms with van der Waals surface area (Å²) in [4.78, 5) is 30.0. The fraction of sp³-hybridized carbons (Fsp3) is 0.167. The van der Waals surface area contributed by atoms with E-state index in [0.717, 1.165) is 10.8 Å². The minimum atomic E-state index is -0.423. The number of benzene rings is 3. The number of carbonyl (C=O) groups is 2. The number of imide groups is 1. The van der Waals surface area contributed by atoms with Gasteiger partial charge in [0.2, 0.25) is 0 Å². The molecule has 3 aromatic rings. The van der Waals surface area contributed by atoms with Gasteiger partial charge in [0.15, 0.2) is 0 Å². The molecule has 0 saturated heterocycles. The topological polar surface area (TPSA) is 70.1 Å². The lowest BCUT2D eigenvalue weighted by Crippen LogP contribution is -2.35. The van der Waals surface area contributed by atoms with Crippen molar-refractivity contribution in [1.82, 2.24) is 4.90 Å². The summed E-state index contributed by atoms with van der Waals surface area (Å²) in [5, 5.41) is 11.2. The maximum Gasteiger partial charge on any atom is 0.282 e. The summed E-state index contributed by atoms with van der Waals surface area (Å²) in [7, 11) is 3.22. The maximum absolute atomic E-state index is 13.7. The molecule has 3 aromatic carbocycles. The van der Waals surface area contributed by atoms with Crippen LogP contribution in [0.5, 0.6) is 5.75 Å². The minimum Gasteiger partial charge on any atom is -0.496 e. The Balaban J connectivity index is 1.92. The molecule has 0 fully saturated rings. The van der Waals surface area contributed by atoms with E-state index in [4.69, 9.17) is 4.74 Å². The van der Waals surface area contributed by atoms with Crippen LogP contribution in [0.3, 0.4) is 0 Å². The molecule has 0 unspecified atom stereocenters. The van der Waals surface area contributed by atoms with E-state index in [1.165, 1.54) is 12.0 Å². The molecule has 152 valence electrons. The minimum absolute atomic E-state index is 0.144. The van der Waals surface area contributed by atoms with Crippen molar-refractivity contribution in [3.8, 4) is 5.75 Å². The van der Waals surface area contributed by atoms with Crippen molar-refractivity contribution < 1.29 is 19.4 Å². The van der Waals surface area contributed by atoms with Crippen molar-refractivity contribution in [2.24, 2.45) is 0 Å². The number of para-hydroxylation sites is 1.